The van der Waals surface area contributed by atoms with Gasteiger partial charge in [0.05, 0.1) is 12.2 Å². The second-order valence-electron chi connectivity index (χ2n) is 6.15. The summed E-state index contributed by atoms with van der Waals surface area (Å²) in [6, 6.07) is 2.27. The van der Waals surface area contributed by atoms with Crippen molar-refractivity contribution in [2.24, 2.45) is 0 Å². The van der Waals surface area contributed by atoms with Crippen molar-refractivity contribution in [3.8, 4) is 6.07 Å². The Kier molecular flexibility index (Phi) is 3.75. The van der Waals surface area contributed by atoms with Crippen LogP contribution in [0.3, 0.4) is 0 Å². The zero-order valence-electron chi connectivity index (χ0n) is 13.0. The topological polar surface area (TPSA) is 82.1 Å². The van der Waals surface area contributed by atoms with E-state index in [9.17, 15) is 5.26 Å². The van der Waals surface area contributed by atoms with Crippen LogP contribution in [0.15, 0.2) is 4.52 Å². The van der Waals surface area contributed by atoms with Gasteiger partial charge >= 0.3 is 0 Å². The molecular weight excluding hydrogens is 312 g/mol. The second-order valence-corrected chi connectivity index (χ2v) is 6.90. The molecule has 3 heterocycles. The van der Waals surface area contributed by atoms with E-state index in [1.165, 1.54) is 24.4 Å². The van der Waals surface area contributed by atoms with E-state index in [2.05, 4.69) is 30.4 Å². The molecule has 0 amide bonds. The quantitative estimate of drug-likeness (QED) is 0.846. The van der Waals surface area contributed by atoms with Gasteiger partial charge in [0, 0.05) is 32.1 Å². The summed E-state index contributed by atoms with van der Waals surface area (Å²) in [6.45, 7) is 6.26. The molecule has 120 valence electrons. The second kappa shape index (κ2) is 5.91. The van der Waals surface area contributed by atoms with Crippen molar-refractivity contribution in [3.63, 3.8) is 0 Å². The molecule has 23 heavy (non-hydrogen) atoms. The minimum Gasteiger partial charge on any atom is -0.359 e. The van der Waals surface area contributed by atoms with Crippen LogP contribution < -0.4 is 4.90 Å². The zero-order chi connectivity index (χ0) is 15.8. The van der Waals surface area contributed by atoms with Gasteiger partial charge in [-0.15, -0.1) is 0 Å². The molecule has 8 heteroatoms. The third-order valence-electron chi connectivity index (χ3n) is 4.39. The molecule has 1 saturated carbocycles. The molecule has 0 unspecified atom stereocenters. The number of rotatable bonds is 4. The minimum atomic E-state index is 0.507. The van der Waals surface area contributed by atoms with Gasteiger partial charge in [-0.25, -0.2) is 0 Å². The van der Waals surface area contributed by atoms with Crippen LogP contribution in [-0.4, -0.2) is 45.6 Å². The first-order valence-corrected chi connectivity index (χ1v) is 8.68. The molecule has 2 fully saturated rings. The van der Waals surface area contributed by atoms with Gasteiger partial charge in [0.2, 0.25) is 5.89 Å². The van der Waals surface area contributed by atoms with Gasteiger partial charge in [0.1, 0.15) is 16.6 Å². The van der Waals surface area contributed by atoms with Crippen LogP contribution in [0.25, 0.3) is 0 Å². The molecule has 2 aromatic heterocycles. The Hall–Kier alpha value is -1.98. The maximum absolute atomic E-state index is 9.27. The van der Waals surface area contributed by atoms with Gasteiger partial charge in [0.15, 0.2) is 5.82 Å². The number of anilines is 1. The van der Waals surface area contributed by atoms with Gasteiger partial charge in [0.25, 0.3) is 0 Å². The molecule has 1 saturated heterocycles. The van der Waals surface area contributed by atoms with Crippen molar-refractivity contribution >= 4 is 16.5 Å². The summed E-state index contributed by atoms with van der Waals surface area (Å²) in [5, 5.41) is 14.4. The van der Waals surface area contributed by atoms with Crippen LogP contribution in [0.5, 0.6) is 0 Å². The summed E-state index contributed by atoms with van der Waals surface area (Å²) in [6.07, 6.45) is 2.35. The summed E-state index contributed by atoms with van der Waals surface area (Å²) in [5.74, 6) is 2.09. The predicted octanol–water partition coefficient (Wildman–Crippen LogP) is 1.91. The van der Waals surface area contributed by atoms with E-state index in [-0.39, 0.29) is 0 Å². The van der Waals surface area contributed by atoms with Crippen LogP contribution in [0.2, 0.25) is 0 Å². The Morgan fingerprint density at radius 1 is 1.30 bits per heavy atom. The normalized spacial score (nSPS) is 19.0. The van der Waals surface area contributed by atoms with E-state index in [1.54, 1.807) is 0 Å². The number of nitriles is 1. The van der Waals surface area contributed by atoms with Gasteiger partial charge < -0.3 is 9.42 Å². The average molecular weight is 330 g/mol. The van der Waals surface area contributed by atoms with Crippen molar-refractivity contribution in [3.05, 3.63) is 23.0 Å². The van der Waals surface area contributed by atoms with Gasteiger partial charge in [-0.05, 0) is 31.3 Å². The van der Waals surface area contributed by atoms with Gasteiger partial charge in [-0.2, -0.15) is 14.6 Å². The fraction of sp³-hybridized carbons (Fsp3) is 0.600. The highest BCUT2D eigenvalue weighted by Gasteiger charge is 2.30. The number of aryl methyl sites for hydroxylation is 1. The average Bonchev–Trinajstić information content (AvgIpc) is 3.20. The van der Waals surface area contributed by atoms with Crippen LogP contribution in [-0.2, 0) is 6.54 Å². The number of piperazine rings is 1. The summed E-state index contributed by atoms with van der Waals surface area (Å²) in [5.41, 5.74) is 1.55. The summed E-state index contributed by atoms with van der Waals surface area (Å²) in [7, 11) is 0. The van der Waals surface area contributed by atoms with E-state index in [0.717, 1.165) is 60.7 Å². The summed E-state index contributed by atoms with van der Waals surface area (Å²) in [4.78, 5) is 9.08. The lowest BCUT2D eigenvalue weighted by atomic mass is 10.2. The van der Waals surface area contributed by atoms with Crippen LogP contribution >= 0.6 is 11.5 Å². The molecule has 7 nitrogen and oxygen atoms in total. The molecule has 0 radical (unpaired) electrons. The standard InChI is InChI=1S/C15H18N6OS/c1-10-12(8-16)15(23-19-10)21-6-4-20(5-7-21)9-13-17-14(22-18-13)11-2-3-11/h11H,2-7,9H2,1H3. The van der Waals surface area contributed by atoms with E-state index < -0.39 is 0 Å². The van der Waals surface area contributed by atoms with Crippen molar-refractivity contribution in [1.82, 2.24) is 19.4 Å². The molecular formula is C15H18N6OS. The number of aromatic nitrogens is 3. The van der Waals surface area contributed by atoms with E-state index in [0.29, 0.717) is 5.92 Å². The maximum Gasteiger partial charge on any atom is 0.229 e. The summed E-state index contributed by atoms with van der Waals surface area (Å²) < 4.78 is 9.62. The SMILES string of the molecule is Cc1nsc(N2CCN(Cc3noc(C4CC4)n3)CC2)c1C#N. The largest absolute Gasteiger partial charge is 0.359 e. The van der Waals surface area contributed by atoms with E-state index in [1.807, 2.05) is 6.92 Å². The van der Waals surface area contributed by atoms with Gasteiger partial charge in [-0.1, -0.05) is 5.16 Å². The highest BCUT2D eigenvalue weighted by Crippen LogP contribution is 2.38. The Labute approximate surface area is 138 Å². The molecule has 4 rings (SSSR count). The third kappa shape index (κ3) is 2.94. The number of nitrogens with zero attached hydrogens (tertiary/aromatic N) is 6. The lowest BCUT2D eigenvalue weighted by molar-refractivity contribution is 0.240. The number of hydrogen-bond acceptors (Lipinski definition) is 8. The lowest BCUT2D eigenvalue weighted by Gasteiger charge is -2.34. The first kappa shape index (κ1) is 14.6. The minimum absolute atomic E-state index is 0.507. The zero-order valence-corrected chi connectivity index (χ0v) is 13.8. The fourth-order valence-corrected chi connectivity index (χ4v) is 3.74. The van der Waals surface area contributed by atoms with Crippen LogP contribution in [0, 0.1) is 18.3 Å². The molecule has 2 aromatic rings. The Morgan fingerprint density at radius 2 is 2.09 bits per heavy atom. The first-order chi connectivity index (χ1) is 11.2. The molecule has 2 aliphatic rings. The summed E-state index contributed by atoms with van der Waals surface area (Å²) >= 11 is 1.42. The highest BCUT2D eigenvalue weighted by atomic mass is 32.1. The monoisotopic (exact) mass is 330 g/mol. The van der Waals surface area contributed by atoms with Crippen LogP contribution in [0.1, 0.15) is 41.7 Å². The fourth-order valence-electron chi connectivity index (χ4n) is 2.84. The lowest BCUT2D eigenvalue weighted by Crippen LogP contribution is -2.46. The van der Waals surface area contributed by atoms with Crippen LogP contribution in [0.4, 0.5) is 5.00 Å². The Bertz CT molecular complexity index is 735. The molecule has 0 N–H and O–H groups in total. The highest BCUT2D eigenvalue weighted by molar-refractivity contribution is 7.10. The molecule has 0 spiro atoms. The molecule has 0 atom stereocenters. The van der Waals surface area contributed by atoms with E-state index >= 15 is 0 Å². The number of hydrogen-bond donors (Lipinski definition) is 0. The Morgan fingerprint density at radius 3 is 2.78 bits per heavy atom. The molecule has 1 aliphatic carbocycles. The molecule has 1 aliphatic heterocycles. The van der Waals surface area contributed by atoms with Crippen molar-refractivity contribution in [2.75, 3.05) is 31.1 Å². The van der Waals surface area contributed by atoms with Crippen molar-refractivity contribution in [1.29, 1.82) is 5.26 Å². The van der Waals surface area contributed by atoms with E-state index in [4.69, 9.17) is 4.52 Å². The predicted molar refractivity (Wildman–Crippen MR) is 85.3 cm³/mol. The third-order valence-corrected chi connectivity index (χ3v) is 5.39. The van der Waals surface area contributed by atoms with Crippen molar-refractivity contribution in [2.45, 2.75) is 32.2 Å². The smallest absolute Gasteiger partial charge is 0.229 e. The van der Waals surface area contributed by atoms with Crippen molar-refractivity contribution < 1.29 is 4.52 Å². The Balaban J connectivity index is 1.36. The van der Waals surface area contributed by atoms with Gasteiger partial charge in [-0.3, -0.25) is 4.90 Å². The molecule has 0 bridgehead atoms. The first-order valence-electron chi connectivity index (χ1n) is 7.90. The molecule has 0 aromatic carbocycles. The maximum atomic E-state index is 9.27.